The second-order valence-electron chi connectivity index (χ2n) is 7.75. The van der Waals surface area contributed by atoms with E-state index in [-0.39, 0.29) is 17.7 Å². The molecule has 3 rings (SSSR count). The molecule has 2 heterocycles. The van der Waals surface area contributed by atoms with Crippen molar-refractivity contribution in [2.24, 2.45) is 5.92 Å². The highest BCUT2D eigenvalue weighted by molar-refractivity contribution is 5.95. The number of aryl methyl sites for hydroxylation is 1. The number of fused-ring (bicyclic) bond motifs is 1. The third-order valence-electron chi connectivity index (χ3n) is 5.80. The van der Waals surface area contributed by atoms with Gasteiger partial charge < -0.3 is 4.90 Å². The maximum Gasteiger partial charge on any atom is 0.416 e. The van der Waals surface area contributed by atoms with Gasteiger partial charge in [0, 0.05) is 26.1 Å². The van der Waals surface area contributed by atoms with Gasteiger partial charge >= 0.3 is 6.18 Å². The molecule has 1 aromatic heterocycles. The minimum Gasteiger partial charge on any atom is -0.334 e. The molecule has 0 bridgehead atoms. The molecule has 0 fully saturated rings. The summed E-state index contributed by atoms with van der Waals surface area (Å²) in [5, 5.41) is 0. The van der Waals surface area contributed by atoms with Crippen molar-refractivity contribution in [2.45, 2.75) is 59.3 Å². The third kappa shape index (κ3) is 4.42. The van der Waals surface area contributed by atoms with Gasteiger partial charge in [-0.2, -0.15) is 13.2 Å². The first-order valence-corrected chi connectivity index (χ1v) is 10.2. The number of halogens is 3. The molecule has 0 saturated heterocycles. The lowest BCUT2D eigenvalue weighted by molar-refractivity contribution is -0.137. The van der Waals surface area contributed by atoms with E-state index in [0.29, 0.717) is 42.5 Å². The van der Waals surface area contributed by atoms with Gasteiger partial charge in [-0.15, -0.1) is 0 Å². The Morgan fingerprint density at radius 2 is 1.73 bits per heavy atom. The predicted molar refractivity (Wildman–Crippen MR) is 107 cm³/mol. The van der Waals surface area contributed by atoms with Gasteiger partial charge in [0.15, 0.2) is 0 Å². The van der Waals surface area contributed by atoms with Crippen LogP contribution in [0.3, 0.4) is 0 Å². The molecule has 0 N–H and O–H groups in total. The van der Waals surface area contributed by atoms with Crippen molar-refractivity contribution >= 4 is 5.91 Å². The molecule has 0 atom stereocenters. The Labute approximate surface area is 173 Å². The summed E-state index contributed by atoms with van der Waals surface area (Å²) in [4.78, 5) is 32.2. The number of carbonyl (C=O) groups excluding carboxylic acids is 1. The van der Waals surface area contributed by atoms with Gasteiger partial charge in [0.25, 0.3) is 11.5 Å². The standard InChI is InChI=1S/C22H26F3N3O2/c1-4-15(5-2)13-28-14(3)26-18-10-11-27(20(29)19(18)21(28)30)12-16-6-8-17(9-7-16)22(23,24)25/h6-9,15H,4-5,10-13H2,1-3H3. The summed E-state index contributed by atoms with van der Waals surface area (Å²) < 4.78 is 39.8. The van der Waals surface area contributed by atoms with Crippen molar-refractivity contribution in [1.29, 1.82) is 0 Å². The molecule has 8 heteroatoms. The molecule has 30 heavy (non-hydrogen) atoms. The molecular formula is C22H26F3N3O2. The second kappa shape index (κ2) is 8.62. The number of rotatable bonds is 6. The highest BCUT2D eigenvalue weighted by atomic mass is 19.4. The van der Waals surface area contributed by atoms with Crippen LogP contribution in [0, 0.1) is 12.8 Å². The van der Waals surface area contributed by atoms with Crippen LogP contribution in [0.4, 0.5) is 13.2 Å². The van der Waals surface area contributed by atoms with Gasteiger partial charge in [-0.3, -0.25) is 14.2 Å². The van der Waals surface area contributed by atoms with Gasteiger partial charge in [0.2, 0.25) is 0 Å². The number of nitrogens with zero attached hydrogens (tertiary/aromatic N) is 3. The van der Waals surface area contributed by atoms with E-state index in [9.17, 15) is 22.8 Å². The fraction of sp³-hybridized carbons (Fsp3) is 0.500. The lowest BCUT2D eigenvalue weighted by Gasteiger charge is -2.29. The summed E-state index contributed by atoms with van der Waals surface area (Å²) in [6.07, 6.45) is -2.10. The number of hydrogen-bond donors (Lipinski definition) is 0. The van der Waals surface area contributed by atoms with Crippen molar-refractivity contribution in [3.8, 4) is 0 Å². The summed E-state index contributed by atoms with van der Waals surface area (Å²) in [7, 11) is 0. The average Bonchev–Trinajstić information content (AvgIpc) is 2.70. The fourth-order valence-corrected chi connectivity index (χ4v) is 3.80. The monoisotopic (exact) mass is 421 g/mol. The quantitative estimate of drug-likeness (QED) is 0.702. The van der Waals surface area contributed by atoms with Crippen LogP contribution in [0.15, 0.2) is 29.1 Å². The highest BCUT2D eigenvalue weighted by Gasteiger charge is 2.32. The minimum atomic E-state index is -4.40. The van der Waals surface area contributed by atoms with Crippen LogP contribution in [0.1, 0.15) is 59.7 Å². The molecule has 162 valence electrons. The molecule has 1 aromatic carbocycles. The first-order valence-electron chi connectivity index (χ1n) is 10.2. The van der Waals surface area contributed by atoms with E-state index in [1.54, 1.807) is 11.5 Å². The molecule has 1 aliphatic heterocycles. The van der Waals surface area contributed by atoms with Crippen molar-refractivity contribution in [1.82, 2.24) is 14.5 Å². The van der Waals surface area contributed by atoms with Crippen LogP contribution < -0.4 is 5.56 Å². The Bertz CT molecular complexity index is 977. The van der Waals surface area contributed by atoms with Crippen LogP contribution >= 0.6 is 0 Å². The van der Waals surface area contributed by atoms with Crippen LogP contribution in [0.2, 0.25) is 0 Å². The van der Waals surface area contributed by atoms with Crippen molar-refractivity contribution in [3.63, 3.8) is 0 Å². The largest absolute Gasteiger partial charge is 0.416 e. The first kappa shape index (κ1) is 22.1. The zero-order valence-corrected chi connectivity index (χ0v) is 17.4. The topological polar surface area (TPSA) is 55.2 Å². The van der Waals surface area contributed by atoms with Gasteiger partial charge in [-0.25, -0.2) is 4.98 Å². The van der Waals surface area contributed by atoms with Crippen LogP contribution in [-0.2, 0) is 25.7 Å². The Hall–Kier alpha value is -2.64. The van der Waals surface area contributed by atoms with Crippen LogP contribution in [0.25, 0.3) is 0 Å². The number of hydrogen-bond acceptors (Lipinski definition) is 3. The molecule has 0 unspecified atom stereocenters. The van der Waals surface area contributed by atoms with E-state index < -0.39 is 17.6 Å². The maximum atomic E-state index is 13.1. The molecule has 0 aliphatic carbocycles. The number of amides is 1. The maximum absolute atomic E-state index is 13.1. The molecule has 5 nitrogen and oxygen atoms in total. The van der Waals surface area contributed by atoms with Crippen molar-refractivity contribution in [3.05, 3.63) is 62.8 Å². The lowest BCUT2D eigenvalue weighted by Crippen LogP contribution is -2.44. The molecule has 0 radical (unpaired) electrons. The Morgan fingerprint density at radius 3 is 2.30 bits per heavy atom. The predicted octanol–water partition coefficient (Wildman–Crippen LogP) is 4.21. The molecule has 1 amide bonds. The molecule has 2 aromatic rings. The summed E-state index contributed by atoms with van der Waals surface area (Å²) in [6, 6.07) is 4.74. The lowest BCUT2D eigenvalue weighted by atomic mass is 10.0. The van der Waals surface area contributed by atoms with Gasteiger partial charge in [0.1, 0.15) is 11.4 Å². The summed E-state index contributed by atoms with van der Waals surface area (Å²) in [5.74, 6) is 0.518. The van der Waals surface area contributed by atoms with E-state index in [1.165, 1.54) is 17.0 Å². The molecule has 0 spiro atoms. The van der Waals surface area contributed by atoms with Gasteiger partial charge in [-0.05, 0) is 30.5 Å². The normalized spacial score (nSPS) is 14.4. The van der Waals surface area contributed by atoms with Crippen molar-refractivity contribution < 1.29 is 18.0 Å². The van der Waals surface area contributed by atoms with E-state index in [0.717, 1.165) is 25.0 Å². The summed E-state index contributed by atoms with van der Waals surface area (Å²) in [6.45, 7) is 6.95. The third-order valence-corrected chi connectivity index (χ3v) is 5.80. The minimum absolute atomic E-state index is 0.0877. The van der Waals surface area contributed by atoms with Gasteiger partial charge in [-0.1, -0.05) is 38.8 Å². The van der Waals surface area contributed by atoms with Crippen LogP contribution in [0.5, 0.6) is 0 Å². The van der Waals surface area contributed by atoms with Gasteiger partial charge in [0.05, 0.1) is 11.3 Å². The molecule has 0 saturated carbocycles. The SMILES string of the molecule is CCC(CC)Cn1c(C)nc2c(c1=O)C(=O)N(Cc1ccc(C(F)(F)F)cc1)CC2. The number of aromatic nitrogens is 2. The number of carbonyl (C=O) groups is 1. The number of alkyl halides is 3. The van der Waals surface area contributed by atoms with Crippen LogP contribution in [-0.4, -0.2) is 26.9 Å². The van der Waals surface area contributed by atoms with E-state index in [4.69, 9.17) is 0 Å². The Morgan fingerprint density at radius 1 is 1.10 bits per heavy atom. The van der Waals surface area contributed by atoms with E-state index in [1.807, 2.05) is 0 Å². The second-order valence-corrected chi connectivity index (χ2v) is 7.75. The fourth-order valence-electron chi connectivity index (χ4n) is 3.80. The van der Waals surface area contributed by atoms with E-state index >= 15 is 0 Å². The summed E-state index contributed by atoms with van der Waals surface area (Å²) in [5.41, 5.74) is 0.117. The molecular weight excluding hydrogens is 395 g/mol. The zero-order chi connectivity index (χ0) is 22.1. The van der Waals surface area contributed by atoms with Crippen molar-refractivity contribution in [2.75, 3.05) is 6.54 Å². The highest BCUT2D eigenvalue weighted by Crippen LogP contribution is 2.29. The Balaban J connectivity index is 1.86. The average molecular weight is 421 g/mol. The summed E-state index contributed by atoms with van der Waals surface area (Å²) >= 11 is 0. The molecule has 1 aliphatic rings. The smallest absolute Gasteiger partial charge is 0.334 e. The first-order chi connectivity index (χ1) is 14.2. The van der Waals surface area contributed by atoms with E-state index in [2.05, 4.69) is 18.8 Å². The Kier molecular flexibility index (Phi) is 6.33. The zero-order valence-electron chi connectivity index (χ0n) is 17.4. The number of benzene rings is 1.